The summed E-state index contributed by atoms with van der Waals surface area (Å²) >= 11 is 0. The molecular formula is C18H19NO4S. The number of hydrogen-bond donors (Lipinski definition) is 1. The van der Waals surface area contributed by atoms with E-state index in [0.29, 0.717) is 5.56 Å². The molecule has 2 aromatic carbocycles. The summed E-state index contributed by atoms with van der Waals surface area (Å²) in [4.78, 5) is 11.8. The molecule has 5 nitrogen and oxygen atoms in total. The lowest BCUT2D eigenvalue weighted by atomic mass is 10.1. The number of esters is 1. The first-order valence-corrected chi connectivity index (χ1v) is 9.37. The number of rotatable bonds is 5. The number of carbonyl (C=O) groups excluding carboxylic acids is 1. The van der Waals surface area contributed by atoms with Gasteiger partial charge in [0, 0.05) is 6.04 Å². The van der Waals surface area contributed by atoms with E-state index in [1.54, 1.807) is 6.92 Å². The van der Waals surface area contributed by atoms with Crippen LogP contribution in [0.4, 0.5) is 0 Å². The number of benzene rings is 2. The molecule has 0 aromatic heterocycles. The fourth-order valence-electron chi connectivity index (χ4n) is 2.92. The average molecular weight is 345 g/mol. The fourth-order valence-corrected chi connectivity index (χ4v) is 4.17. The van der Waals surface area contributed by atoms with Gasteiger partial charge in [0.2, 0.25) is 10.0 Å². The first kappa shape index (κ1) is 16.7. The second kappa shape index (κ2) is 6.75. The summed E-state index contributed by atoms with van der Waals surface area (Å²) in [5.74, 6) is -0.459. The summed E-state index contributed by atoms with van der Waals surface area (Å²) in [7, 11) is -3.64. The molecule has 1 aliphatic rings. The molecule has 0 bridgehead atoms. The third kappa shape index (κ3) is 3.34. The van der Waals surface area contributed by atoms with E-state index < -0.39 is 16.0 Å². The van der Waals surface area contributed by atoms with Crippen molar-refractivity contribution < 1.29 is 17.9 Å². The van der Waals surface area contributed by atoms with Crippen molar-refractivity contribution in [2.75, 3.05) is 6.61 Å². The molecule has 126 valence electrons. The lowest BCUT2D eigenvalue weighted by Crippen LogP contribution is -2.27. The number of sulfonamides is 1. The van der Waals surface area contributed by atoms with Gasteiger partial charge < -0.3 is 4.74 Å². The maximum Gasteiger partial charge on any atom is 0.338 e. The van der Waals surface area contributed by atoms with Crippen molar-refractivity contribution in [1.82, 2.24) is 4.72 Å². The minimum absolute atomic E-state index is 0.139. The molecule has 2 aromatic rings. The topological polar surface area (TPSA) is 72.5 Å². The van der Waals surface area contributed by atoms with Crippen LogP contribution in [-0.4, -0.2) is 21.0 Å². The Morgan fingerprint density at radius 1 is 1.17 bits per heavy atom. The molecule has 0 saturated carbocycles. The number of carbonyl (C=O) groups is 1. The highest BCUT2D eigenvalue weighted by Gasteiger charge is 2.27. The van der Waals surface area contributed by atoms with Crippen LogP contribution in [0.1, 0.15) is 40.9 Å². The van der Waals surface area contributed by atoms with Crippen LogP contribution in [0, 0.1) is 0 Å². The van der Waals surface area contributed by atoms with Crippen LogP contribution in [0.5, 0.6) is 0 Å². The van der Waals surface area contributed by atoms with E-state index >= 15 is 0 Å². The van der Waals surface area contributed by atoms with E-state index in [1.165, 1.54) is 29.8 Å². The van der Waals surface area contributed by atoms with Gasteiger partial charge in [-0.05, 0) is 55.2 Å². The summed E-state index contributed by atoms with van der Waals surface area (Å²) in [6, 6.07) is 13.4. The Kier molecular flexibility index (Phi) is 4.69. The van der Waals surface area contributed by atoms with Crippen molar-refractivity contribution in [2.45, 2.75) is 30.7 Å². The van der Waals surface area contributed by atoms with Crippen molar-refractivity contribution in [3.8, 4) is 0 Å². The van der Waals surface area contributed by atoms with Crippen LogP contribution >= 0.6 is 0 Å². The molecule has 0 spiro atoms. The van der Waals surface area contributed by atoms with Crippen molar-refractivity contribution in [3.05, 3.63) is 65.2 Å². The van der Waals surface area contributed by atoms with Crippen LogP contribution in [0.2, 0.25) is 0 Å². The Morgan fingerprint density at radius 3 is 2.58 bits per heavy atom. The standard InChI is InChI=1S/C18H19NO4S/c1-2-23-18(20)14-7-10-15(11-8-14)24(21,22)19-17-12-9-13-5-3-4-6-16(13)17/h3-8,10-11,17,19H,2,9,12H2,1H3/t17-/m0/s1. The number of aryl methyl sites for hydroxylation is 1. The van der Waals surface area contributed by atoms with Gasteiger partial charge in [-0.15, -0.1) is 0 Å². The Hall–Kier alpha value is -2.18. The number of fused-ring (bicyclic) bond motifs is 1. The molecule has 3 rings (SSSR count). The van der Waals surface area contributed by atoms with E-state index in [1.807, 2.05) is 24.3 Å². The van der Waals surface area contributed by atoms with E-state index in [0.717, 1.165) is 18.4 Å². The number of ether oxygens (including phenoxy) is 1. The third-order valence-electron chi connectivity index (χ3n) is 4.11. The average Bonchev–Trinajstić information content (AvgIpc) is 2.98. The lowest BCUT2D eigenvalue weighted by Gasteiger charge is -2.14. The molecule has 1 atom stereocenters. The zero-order valence-electron chi connectivity index (χ0n) is 13.4. The highest BCUT2D eigenvalue weighted by Crippen LogP contribution is 2.32. The smallest absolute Gasteiger partial charge is 0.338 e. The Bertz CT molecular complexity index is 844. The molecule has 0 heterocycles. The molecule has 0 unspecified atom stereocenters. The molecule has 6 heteroatoms. The minimum Gasteiger partial charge on any atom is -0.462 e. The van der Waals surface area contributed by atoms with E-state index in [-0.39, 0.29) is 17.5 Å². The molecule has 0 saturated heterocycles. The Balaban J connectivity index is 1.78. The van der Waals surface area contributed by atoms with Crippen molar-refractivity contribution in [3.63, 3.8) is 0 Å². The van der Waals surface area contributed by atoms with Crippen LogP contribution in [0.3, 0.4) is 0 Å². The number of nitrogens with one attached hydrogen (secondary N) is 1. The zero-order valence-corrected chi connectivity index (χ0v) is 14.2. The SMILES string of the molecule is CCOC(=O)c1ccc(S(=O)(=O)N[C@H]2CCc3ccccc32)cc1. The predicted octanol–water partition coefficient (Wildman–Crippen LogP) is 2.83. The van der Waals surface area contributed by atoms with Gasteiger partial charge in [-0.25, -0.2) is 17.9 Å². The second-order valence-corrected chi connectivity index (χ2v) is 7.37. The van der Waals surface area contributed by atoms with Crippen LogP contribution in [-0.2, 0) is 21.2 Å². The molecular weight excluding hydrogens is 326 g/mol. The third-order valence-corrected chi connectivity index (χ3v) is 5.59. The molecule has 0 fully saturated rings. The second-order valence-electron chi connectivity index (χ2n) is 5.66. The molecule has 1 N–H and O–H groups in total. The first-order valence-electron chi connectivity index (χ1n) is 7.88. The molecule has 0 radical (unpaired) electrons. The molecule has 24 heavy (non-hydrogen) atoms. The van der Waals surface area contributed by atoms with Crippen LogP contribution in [0.25, 0.3) is 0 Å². The van der Waals surface area contributed by atoms with Gasteiger partial charge in [0.05, 0.1) is 17.1 Å². The maximum atomic E-state index is 12.6. The van der Waals surface area contributed by atoms with Crippen LogP contribution < -0.4 is 4.72 Å². The van der Waals surface area contributed by atoms with Gasteiger partial charge in [-0.2, -0.15) is 0 Å². The van der Waals surface area contributed by atoms with Gasteiger partial charge in [0.1, 0.15) is 0 Å². The number of hydrogen-bond acceptors (Lipinski definition) is 4. The Labute approximate surface area is 141 Å². The van der Waals surface area contributed by atoms with E-state index in [4.69, 9.17) is 4.74 Å². The highest BCUT2D eigenvalue weighted by molar-refractivity contribution is 7.89. The maximum absolute atomic E-state index is 12.6. The highest BCUT2D eigenvalue weighted by atomic mass is 32.2. The quantitative estimate of drug-likeness (QED) is 0.846. The summed E-state index contributed by atoms with van der Waals surface area (Å²) in [5.41, 5.74) is 2.55. The fraction of sp³-hybridized carbons (Fsp3) is 0.278. The van der Waals surface area contributed by atoms with Gasteiger partial charge in [0.15, 0.2) is 0 Å². The monoisotopic (exact) mass is 345 g/mol. The van der Waals surface area contributed by atoms with E-state index in [2.05, 4.69) is 4.72 Å². The van der Waals surface area contributed by atoms with Crippen molar-refractivity contribution >= 4 is 16.0 Å². The lowest BCUT2D eigenvalue weighted by molar-refractivity contribution is 0.0526. The minimum atomic E-state index is -3.64. The van der Waals surface area contributed by atoms with E-state index in [9.17, 15) is 13.2 Å². The first-order chi connectivity index (χ1) is 11.5. The predicted molar refractivity (Wildman–Crippen MR) is 90.2 cm³/mol. The van der Waals surface area contributed by atoms with Crippen molar-refractivity contribution in [2.24, 2.45) is 0 Å². The Morgan fingerprint density at radius 2 is 1.88 bits per heavy atom. The summed E-state index contributed by atoms with van der Waals surface area (Å²) in [6.45, 7) is 2.00. The summed E-state index contributed by atoms with van der Waals surface area (Å²) in [5, 5.41) is 0. The summed E-state index contributed by atoms with van der Waals surface area (Å²) in [6.07, 6.45) is 1.62. The van der Waals surface area contributed by atoms with Gasteiger partial charge in [-0.3, -0.25) is 0 Å². The molecule has 0 aliphatic heterocycles. The largest absolute Gasteiger partial charge is 0.462 e. The molecule has 1 aliphatic carbocycles. The zero-order chi connectivity index (χ0) is 17.2. The van der Waals surface area contributed by atoms with Gasteiger partial charge in [-0.1, -0.05) is 24.3 Å². The van der Waals surface area contributed by atoms with Crippen LogP contribution in [0.15, 0.2) is 53.4 Å². The molecule has 0 amide bonds. The van der Waals surface area contributed by atoms with Crippen molar-refractivity contribution in [1.29, 1.82) is 0 Å². The summed E-state index contributed by atoms with van der Waals surface area (Å²) < 4.78 is 32.8. The van der Waals surface area contributed by atoms with Gasteiger partial charge in [0.25, 0.3) is 0 Å². The normalized spacial score (nSPS) is 16.6. The van der Waals surface area contributed by atoms with Gasteiger partial charge >= 0.3 is 5.97 Å².